The number of piperidine rings is 1. The summed E-state index contributed by atoms with van der Waals surface area (Å²) < 4.78 is 5.97. The highest BCUT2D eigenvalue weighted by atomic mass is 16.5. The Hall–Kier alpha value is -0.810. The van der Waals surface area contributed by atoms with Crippen molar-refractivity contribution in [1.82, 2.24) is 10.2 Å². The van der Waals surface area contributed by atoms with Crippen LogP contribution in [0.15, 0.2) is 0 Å². The highest BCUT2D eigenvalue weighted by molar-refractivity contribution is 5.75. The summed E-state index contributed by atoms with van der Waals surface area (Å²) in [6.07, 6.45) is 6.88. The van der Waals surface area contributed by atoms with Crippen molar-refractivity contribution in [2.45, 2.75) is 63.7 Å². The molecule has 4 fully saturated rings. The van der Waals surface area contributed by atoms with Crippen LogP contribution in [-0.4, -0.2) is 54.0 Å². The topological polar surface area (TPSA) is 61.8 Å². The number of β-amino-alcohol motifs (C(OH)–C–C–N with tert-alkyl or cyclic N) is 1. The number of nitrogens with zero attached hydrogens (tertiary/aromatic N) is 1. The lowest BCUT2D eigenvalue weighted by Gasteiger charge is -2.57. The number of carbonyl (C=O) groups excluding carboxylic acids is 1. The van der Waals surface area contributed by atoms with E-state index < -0.39 is 0 Å². The van der Waals surface area contributed by atoms with E-state index >= 15 is 0 Å². The molecule has 4 rings (SSSR count). The summed E-state index contributed by atoms with van der Waals surface area (Å²) in [5.74, 6) is 0.803. The Kier molecular flexibility index (Phi) is 3.61. The lowest BCUT2D eigenvalue weighted by atomic mass is 9.54. The lowest BCUT2D eigenvalue weighted by Crippen LogP contribution is -2.69. The number of aliphatic hydroxyl groups excluding tert-OH is 1. The van der Waals surface area contributed by atoms with Crippen LogP contribution in [0.25, 0.3) is 0 Å². The average molecular weight is 308 g/mol. The molecule has 4 aliphatic rings. The van der Waals surface area contributed by atoms with Gasteiger partial charge in [-0.25, -0.2) is 4.79 Å². The maximum atomic E-state index is 12.6. The van der Waals surface area contributed by atoms with Crippen molar-refractivity contribution in [2.75, 3.05) is 19.7 Å². The summed E-state index contributed by atoms with van der Waals surface area (Å²) in [6, 6.07) is 0.305. The zero-order valence-electron chi connectivity index (χ0n) is 13.5. The molecule has 2 N–H and O–H groups in total. The Morgan fingerprint density at radius 1 is 1.32 bits per heavy atom. The standard InChI is InChI=1S/C17H28N2O3/c1-11-4-8-19(10-13(11)20)16(21)18-14-12-5-9-22-15(12)17(14)6-2-3-7-17/h11-15,20H,2-10H2,1H3,(H,18,21). The monoisotopic (exact) mass is 308 g/mol. The third-order valence-electron chi connectivity index (χ3n) is 6.77. The number of ether oxygens (including phenoxy) is 1. The van der Waals surface area contributed by atoms with Crippen LogP contribution < -0.4 is 5.32 Å². The molecule has 0 radical (unpaired) electrons. The number of nitrogens with one attached hydrogen (secondary N) is 1. The van der Waals surface area contributed by atoms with Crippen molar-refractivity contribution in [1.29, 1.82) is 0 Å². The Bertz CT molecular complexity index is 449. The number of hydrogen-bond donors (Lipinski definition) is 2. The van der Waals surface area contributed by atoms with E-state index in [1.54, 1.807) is 4.90 Å². The molecule has 0 bridgehead atoms. The van der Waals surface area contributed by atoms with Crippen molar-refractivity contribution in [3.63, 3.8) is 0 Å². The summed E-state index contributed by atoms with van der Waals surface area (Å²) in [5.41, 5.74) is 0.207. The fourth-order valence-corrected chi connectivity index (χ4v) is 5.36. The van der Waals surface area contributed by atoms with Crippen molar-refractivity contribution in [3.8, 4) is 0 Å². The predicted octanol–water partition coefficient (Wildman–Crippen LogP) is 1.75. The molecule has 2 aliphatic carbocycles. The quantitative estimate of drug-likeness (QED) is 0.776. The van der Waals surface area contributed by atoms with Gasteiger partial charge in [-0.1, -0.05) is 19.8 Å². The summed E-state index contributed by atoms with van der Waals surface area (Å²) in [7, 11) is 0. The van der Waals surface area contributed by atoms with E-state index in [4.69, 9.17) is 4.74 Å². The molecule has 5 nitrogen and oxygen atoms in total. The van der Waals surface area contributed by atoms with Gasteiger partial charge in [-0.2, -0.15) is 0 Å². The molecule has 2 amide bonds. The molecule has 2 saturated heterocycles. The van der Waals surface area contributed by atoms with E-state index in [-0.39, 0.29) is 23.6 Å². The smallest absolute Gasteiger partial charge is 0.317 e. The van der Waals surface area contributed by atoms with E-state index in [0.717, 1.165) is 26.0 Å². The number of hydrogen-bond acceptors (Lipinski definition) is 3. The molecule has 5 atom stereocenters. The van der Waals surface area contributed by atoms with Gasteiger partial charge in [0.15, 0.2) is 0 Å². The summed E-state index contributed by atoms with van der Waals surface area (Å²) in [4.78, 5) is 14.4. The van der Waals surface area contributed by atoms with Crippen LogP contribution in [0.4, 0.5) is 4.79 Å². The Labute approximate surface area is 132 Å². The minimum Gasteiger partial charge on any atom is -0.391 e. The zero-order chi connectivity index (χ0) is 15.3. The minimum absolute atomic E-state index is 0.0209. The molecule has 0 aromatic carbocycles. The molecule has 22 heavy (non-hydrogen) atoms. The predicted molar refractivity (Wildman–Crippen MR) is 82.4 cm³/mol. The SMILES string of the molecule is CC1CCN(C(=O)NC2C3CCOC3C23CCCC3)CC1O. The van der Waals surface area contributed by atoms with Crippen LogP contribution in [0.2, 0.25) is 0 Å². The van der Waals surface area contributed by atoms with Crippen LogP contribution >= 0.6 is 0 Å². The second-order valence-corrected chi connectivity index (χ2v) is 7.89. The van der Waals surface area contributed by atoms with Crippen molar-refractivity contribution in [3.05, 3.63) is 0 Å². The van der Waals surface area contributed by atoms with Crippen LogP contribution in [0.1, 0.15) is 45.4 Å². The van der Waals surface area contributed by atoms with Crippen molar-refractivity contribution < 1.29 is 14.6 Å². The molecule has 2 saturated carbocycles. The normalized spacial score (nSPS) is 43.0. The van der Waals surface area contributed by atoms with Gasteiger partial charge in [0.1, 0.15) is 0 Å². The van der Waals surface area contributed by atoms with Crippen LogP contribution in [0.3, 0.4) is 0 Å². The molecule has 124 valence electrons. The number of likely N-dealkylation sites (tertiary alicyclic amines) is 1. The first-order valence-electron chi connectivity index (χ1n) is 8.97. The second-order valence-electron chi connectivity index (χ2n) is 7.89. The van der Waals surface area contributed by atoms with Gasteiger partial charge in [-0.05, 0) is 31.6 Å². The lowest BCUT2D eigenvalue weighted by molar-refractivity contribution is -0.127. The third-order valence-corrected chi connectivity index (χ3v) is 6.77. The average Bonchev–Trinajstić information content (AvgIpc) is 3.15. The molecule has 0 aromatic rings. The Morgan fingerprint density at radius 2 is 2.09 bits per heavy atom. The Balaban J connectivity index is 1.43. The molecule has 5 unspecified atom stereocenters. The first kappa shape index (κ1) is 14.8. The first-order valence-corrected chi connectivity index (χ1v) is 8.97. The van der Waals surface area contributed by atoms with Crippen molar-refractivity contribution in [2.24, 2.45) is 17.3 Å². The number of carbonyl (C=O) groups is 1. The van der Waals surface area contributed by atoms with Gasteiger partial charge < -0.3 is 20.1 Å². The summed E-state index contributed by atoms with van der Waals surface area (Å²) in [5, 5.41) is 13.3. The third kappa shape index (κ3) is 2.08. The van der Waals surface area contributed by atoms with E-state index in [9.17, 15) is 9.90 Å². The van der Waals surface area contributed by atoms with Gasteiger partial charge >= 0.3 is 6.03 Å². The van der Waals surface area contributed by atoms with Gasteiger partial charge in [-0.15, -0.1) is 0 Å². The van der Waals surface area contributed by atoms with Crippen LogP contribution in [-0.2, 0) is 4.74 Å². The fraction of sp³-hybridized carbons (Fsp3) is 0.941. The number of rotatable bonds is 1. The first-order chi connectivity index (χ1) is 10.6. The molecular formula is C17H28N2O3. The fourth-order valence-electron chi connectivity index (χ4n) is 5.36. The maximum Gasteiger partial charge on any atom is 0.317 e. The number of fused-ring (bicyclic) bond motifs is 2. The molecule has 2 heterocycles. The van der Waals surface area contributed by atoms with E-state index in [0.29, 0.717) is 24.5 Å². The van der Waals surface area contributed by atoms with E-state index in [1.807, 2.05) is 0 Å². The molecule has 2 aliphatic heterocycles. The largest absolute Gasteiger partial charge is 0.391 e. The summed E-state index contributed by atoms with van der Waals surface area (Å²) in [6.45, 7) is 4.13. The number of aliphatic hydroxyl groups is 1. The summed E-state index contributed by atoms with van der Waals surface area (Å²) >= 11 is 0. The highest BCUT2D eigenvalue weighted by Gasteiger charge is 2.65. The van der Waals surface area contributed by atoms with Crippen LogP contribution in [0.5, 0.6) is 0 Å². The van der Waals surface area contributed by atoms with Gasteiger partial charge in [-0.3, -0.25) is 0 Å². The second kappa shape index (κ2) is 5.38. The van der Waals surface area contributed by atoms with Gasteiger partial charge in [0.05, 0.1) is 12.2 Å². The molecule has 0 aromatic heterocycles. The number of urea groups is 1. The molecule has 5 heteroatoms. The number of amides is 2. The van der Waals surface area contributed by atoms with Crippen molar-refractivity contribution >= 4 is 6.03 Å². The van der Waals surface area contributed by atoms with Gasteiger partial charge in [0.2, 0.25) is 0 Å². The highest BCUT2D eigenvalue weighted by Crippen LogP contribution is 2.60. The van der Waals surface area contributed by atoms with Gasteiger partial charge in [0, 0.05) is 37.1 Å². The van der Waals surface area contributed by atoms with E-state index in [1.165, 1.54) is 25.7 Å². The molecular weight excluding hydrogens is 280 g/mol. The van der Waals surface area contributed by atoms with E-state index in [2.05, 4.69) is 12.2 Å². The van der Waals surface area contributed by atoms with Crippen LogP contribution in [0, 0.1) is 17.3 Å². The zero-order valence-corrected chi connectivity index (χ0v) is 13.5. The molecule has 1 spiro atoms. The van der Waals surface area contributed by atoms with Gasteiger partial charge in [0.25, 0.3) is 0 Å². The Morgan fingerprint density at radius 3 is 2.82 bits per heavy atom. The maximum absolute atomic E-state index is 12.6. The minimum atomic E-state index is -0.385.